The van der Waals surface area contributed by atoms with Crippen molar-refractivity contribution < 1.29 is 9.47 Å². The molecule has 0 radical (unpaired) electrons. The first kappa shape index (κ1) is 19.5. The lowest BCUT2D eigenvalue weighted by Crippen LogP contribution is -2.37. The zero-order valence-electron chi connectivity index (χ0n) is 15.6. The molecule has 0 amide bonds. The molecule has 26 heavy (non-hydrogen) atoms. The van der Waals surface area contributed by atoms with Crippen LogP contribution in [0.1, 0.15) is 18.9 Å². The van der Waals surface area contributed by atoms with Crippen molar-refractivity contribution in [1.82, 2.24) is 0 Å². The summed E-state index contributed by atoms with van der Waals surface area (Å²) in [5.74, 6) is 4.82. The highest BCUT2D eigenvalue weighted by atomic mass is 32.2. The van der Waals surface area contributed by atoms with Crippen molar-refractivity contribution in [2.45, 2.75) is 36.3 Å². The third-order valence-electron chi connectivity index (χ3n) is 4.64. The van der Waals surface area contributed by atoms with Gasteiger partial charge in [0.2, 0.25) is 0 Å². The Morgan fingerprint density at radius 3 is 2.88 bits per heavy atom. The summed E-state index contributed by atoms with van der Waals surface area (Å²) < 4.78 is 11.5. The molecule has 0 aliphatic carbocycles. The summed E-state index contributed by atoms with van der Waals surface area (Å²) in [5.41, 5.74) is 7.65. The number of nitrogens with two attached hydrogens (primary N) is 1. The Morgan fingerprint density at radius 2 is 2.08 bits per heavy atom. The summed E-state index contributed by atoms with van der Waals surface area (Å²) in [6.07, 6.45) is 0.813. The first-order chi connectivity index (χ1) is 12.6. The molecular formula is C21H27NO2S2. The van der Waals surface area contributed by atoms with Crippen LogP contribution in [0.2, 0.25) is 0 Å². The third kappa shape index (κ3) is 4.70. The van der Waals surface area contributed by atoms with E-state index in [2.05, 4.69) is 32.0 Å². The highest BCUT2D eigenvalue weighted by Gasteiger charge is 2.27. The van der Waals surface area contributed by atoms with Crippen LogP contribution in [0.5, 0.6) is 11.5 Å². The van der Waals surface area contributed by atoms with Crippen LogP contribution in [0.15, 0.2) is 52.3 Å². The van der Waals surface area contributed by atoms with Crippen molar-refractivity contribution in [2.75, 3.05) is 18.6 Å². The van der Waals surface area contributed by atoms with Crippen molar-refractivity contribution in [2.24, 2.45) is 17.6 Å². The smallest absolute Gasteiger partial charge is 0.151 e. The molecule has 5 heteroatoms. The number of rotatable bonds is 6. The molecule has 0 saturated carbocycles. The number of hydrogen-bond acceptors (Lipinski definition) is 5. The van der Waals surface area contributed by atoms with E-state index in [0.717, 1.165) is 29.4 Å². The second-order valence-corrected chi connectivity index (χ2v) is 8.95. The lowest BCUT2D eigenvalue weighted by Gasteiger charge is -2.24. The van der Waals surface area contributed by atoms with E-state index >= 15 is 0 Å². The van der Waals surface area contributed by atoms with Gasteiger partial charge < -0.3 is 9.47 Å². The summed E-state index contributed by atoms with van der Waals surface area (Å²) in [6, 6.07) is 14.4. The molecule has 0 fully saturated rings. The molecule has 3 nitrogen and oxygen atoms in total. The Bertz CT molecular complexity index is 738. The van der Waals surface area contributed by atoms with E-state index in [1.165, 1.54) is 15.4 Å². The molecule has 2 aromatic rings. The van der Waals surface area contributed by atoms with Crippen LogP contribution >= 0.6 is 23.5 Å². The predicted molar refractivity (Wildman–Crippen MR) is 111 cm³/mol. The van der Waals surface area contributed by atoms with Gasteiger partial charge in [-0.1, -0.05) is 31.2 Å². The van der Waals surface area contributed by atoms with E-state index < -0.39 is 0 Å². The standard InChI is InChI=1S/C21H27NO2S2/c1-14(12-25-19-10-5-4-8-17(19)23-3)11-16-13-26-20-15(2)7-6-9-18(20)24-21(16)22/h4-10,14,16,21H,11-13,22H2,1-3H3. The number of fused-ring (bicyclic) bond motifs is 1. The number of aryl methyl sites for hydroxylation is 1. The predicted octanol–water partition coefficient (Wildman–Crippen LogP) is 5.21. The van der Waals surface area contributed by atoms with Crippen LogP contribution in [-0.4, -0.2) is 24.8 Å². The van der Waals surface area contributed by atoms with Gasteiger partial charge in [0.1, 0.15) is 11.5 Å². The van der Waals surface area contributed by atoms with E-state index in [-0.39, 0.29) is 6.23 Å². The molecule has 3 unspecified atom stereocenters. The molecule has 1 heterocycles. The van der Waals surface area contributed by atoms with Gasteiger partial charge in [0.25, 0.3) is 0 Å². The van der Waals surface area contributed by atoms with Crippen LogP contribution in [0.3, 0.4) is 0 Å². The quantitative estimate of drug-likeness (QED) is 0.687. The monoisotopic (exact) mass is 389 g/mol. The first-order valence-electron chi connectivity index (χ1n) is 8.99. The molecule has 0 bridgehead atoms. The van der Waals surface area contributed by atoms with Gasteiger partial charge in [-0.05, 0) is 43.0 Å². The summed E-state index contributed by atoms with van der Waals surface area (Å²) in [6.45, 7) is 4.43. The number of para-hydroxylation sites is 1. The largest absolute Gasteiger partial charge is 0.496 e. The fraction of sp³-hybridized carbons (Fsp3) is 0.429. The molecule has 0 aromatic heterocycles. The summed E-state index contributed by atoms with van der Waals surface area (Å²) in [5, 5.41) is 0. The summed E-state index contributed by atoms with van der Waals surface area (Å²) >= 11 is 3.73. The third-order valence-corrected chi connectivity index (χ3v) is 7.43. The number of benzene rings is 2. The van der Waals surface area contributed by atoms with E-state index in [1.807, 2.05) is 47.8 Å². The van der Waals surface area contributed by atoms with Crippen LogP contribution < -0.4 is 15.2 Å². The summed E-state index contributed by atoms with van der Waals surface area (Å²) in [4.78, 5) is 2.43. The molecule has 2 aromatic carbocycles. The maximum Gasteiger partial charge on any atom is 0.151 e. The Hall–Kier alpha value is -1.30. The maximum absolute atomic E-state index is 6.38. The van der Waals surface area contributed by atoms with Gasteiger partial charge in [-0.25, -0.2) is 0 Å². The average molecular weight is 390 g/mol. The fourth-order valence-electron chi connectivity index (χ4n) is 3.19. The topological polar surface area (TPSA) is 44.5 Å². The van der Waals surface area contributed by atoms with Gasteiger partial charge in [-0.3, -0.25) is 5.73 Å². The number of hydrogen-bond donors (Lipinski definition) is 1. The minimum atomic E-state index is -0.246. The minimum absolute atomic E-state index is 0.246. The number of ether oxygens (including phenoxy) is 2. The fourth-order valence-corrected chi connectivity index (χ4v) is 5.52. The average Bonchev–Trinajstić information content (AvgIpc) is 2.80. The Labute approximate surface area is 165 Å². The summed E-state index contributed by atoms with van der Waals surface area (Å²) in [7, 11) is 1.72. The molecule has 1 aliphatic heterocycles. The molecule has 0 saturated heterocycles. The van der Waals surface area contributed by atoms with Gasteiger partial charge >= 0.3 is 0 Å². The van der Waals surface area contributed by atoms with Crippen molar-refractivity contribution in [1.29, 1.82) is 0 Å². The van der Waals surface area contributed by atoms with Crippen LogP contribution in [0, 0.1) is 18.8 Å². The Balaban J connectivity index is 1.58. The molecule has 0 spiro atoms. The van der Waals surface area contributed by atoms with E-state index in [9.17, 15) is 0 Å². The molecule has 3 atom stereocenters. The highest BCUT2D eigenvalue weighted by molar-refractivity contribution is 7.99. The molecule has 140 valence electrons. The Morgan fingerprint density at radius 1 is 1.27 bits per heavy atom. The van der Waals surface area contributed by atoms with Crippen LogP contribution in [0.25, 0.3) is 0 Å². The number of thioether (sulfide) groups is 2. The van der Waals surface area contributed by atoms with Crippen molar-refractivity contribution in [3.05, 3.63) is 48.0 Å². The van der Waals surface area contributed by atoms with Crippen LogP contribution in [-0.2, 0) is 0 Å². The van der Waals surface area contributed by atoms with Gasteiger partial charge in [-0.2, -0.15) is 0 Å². The molecular weight excluding hydrogens is 362 g/mol. The van der Waals surface area contributed by atoms with Crippen molar-refractivity contribution >= 4 is 23.5 Å². The molecule has 3 rings (SSSR count). The lowest BCUT2D eigenvalue weighted by molar-refractivity contribution is 0.137. The zero-order chi connectivity index (χ0) is 18.5. The lowest BCUT2D eigenvalue weighted by atomic mass is 9.97. The van der Waals surface area contributed by atoms with Gasteiger partial charge in [0.15, 0.2) is 6.23 Å². The van der Waals surface area contributed by atoms with E-state index in [4.69, 9.17) is 15.2 Å². The maximum atomic E-state index is 6.38. The number of methoxy groups -OCH3 is 1. The second-order valence-electron chi connectivity index (χ2n) is 6.86. The van der Waals surface area contributed by atoms with Crippen LogP contribution in [0.4, 0.5) is 0 Å². The van der Waals surface area contributed by atoms with Crippen molar-refractivity contribution in [3.63, 3.8) is 0 Å². The van der Waals surface area contributed by atoms with Gasteiger partial charge in [0, 0.05) is 22.3 Å². The molecule has 1 aliphatic rings. The zero-order valence-corrected chi connectivity index (χ0v) is 17.2. The first-order valence-corrected chi connectivity index (χ1v) is 11.0. The Kier molecular flexibility index (Phi) is 6.79. The highest BCUT2D eigenvalue weighted by Crippen LogP contribution is 2.39. The second kappa shape index (κ2) is 9.07. The normalized spacial score (nSPS) is 20.6. The SMILES string of the molecule is COc1ccccc1SCC(C)CC1CSc2c(C)cccc2OC1N. The van der Waals surface area contributed by atoms with E-state index in [1.54, 1.807) is 7.11 Å². The van der Waals surface area contributed by atoms with Crippen molar-refractivity contribution in [3.8, 4) is 11.5 Å². The van der Waals surface area contributed by atoms with Gasteiger partial charge in [-0.15, -0.1) is 23.5 Å². The van der Waals surface area contributed by atoms with Gasteiger partial charge in [0.05, 0.1) is 12.0 Å². The van der Waals surface area contributed by atoms with E-state index in [0.29, 0.717) is 11.8 Å². The molecule has 2 N–H and O–H groups in total. The minimum Gasteiger partial charge on any atom is -0.496 e.